The predicted octanol–water partition coefficient (Wildman–Crippen LogP) is 6.33. The van der Waals surface area contributed by atoms with E-state index < -0.39 is 31.4 Å². The number of para-hydroxylation sites is 1. The number of nitrogens with zero attached hydrogens (tertiary/aromatic N) is 1. The lowest BCUT2D eigenvalue weighted by atomic mass is 9.73. The third-order valence-corrected chi connectivity index (χ3v) is 9.98. The zero-order valence-electron chi connectivity index (χ0n) is 26.3. The Hall–Kier alpha value is -3.84. The predicted molar refractivity (Wildman–Crippen MR) is 180 cm³/mol. The van der Waals surface area contributed by atoms with Crippen molar-refractivity contribution >= 4 is 54.1 Å². The van der Waals surface area contributed by atoms with Crippen molar-refractivity contribution in [3.8, 4) is 0 Å². The number of rotatable bonds is 15. The van der Waals surface area contributed by atoms with E-state index in [1.54, 1.807) is 13.1 Å². The van der Waals surface area contributed by atoms with Gasteiger partial charge in [0.2, 0.25) is 5.69 Å². The molecule has 0 aliphatic carbocycles. The first-order valence-electron chi connectivity index (χ1n) is 15.1. The quantitative estimate of drug-likeness (QED) is 0.0554. The standard InChI is InChI=1S/C34H40N2O8S2/c1-25-23-27(46(41,42)43)24-29-28(25)17-18-30-33(29)34(2,19-10-5-8-16-32(37)44-3)31(36(30)21-12-22-45(38,39)40)15-9-11-20-35-26-13-6-4-7-14-26/h4,6-7,9,11,13-15,17-18,20,23-24H,5,8,10,12,16,19,21-22H2,1-3H3,(H2,38,39,40,41,42,43)/p+1. The minimum absolute atomic E-state index is 0.151. The van der Waals surface area contributed by atoms with Gasteiger partial charge in [0.1, 0.15) is 6.54 Å². The van der Waals surface area contributed by atoms with Crippen LogP contribution in [-0.4, -0.2) is 61.6 Å². The number of methoxy groups -OCH3 is 1. The van der Waals surface area contributed by atoms with E-state index in [9.17, 15) is 30.7 Å². The molecular formula is C34H41N2O8S2+. The van der Waals surface area contributed by atoms with Crippen LogP contribution in [0.4, 0.5) is 11.4 Å². The van der Waals surface area contributed by atoms with Gasteiger partial charge in [-0.05, 0) is 79.4 Å². The Morgan fingerprint density at radius 2 is 1.70 bits per heavy atom. The van der Waals surface area contributed by atoms with Crippen molar-refractivity contribution in [1.29, 1.82) is 0 Å². The number of fused-ring (bicyclic) bond motifs is 3. The number of aryl methyl sites for hydroxylation is 1. The molecule has 1 atom stereocenters. The van der Waals surface area contributed by atoms with E-state index in [0.29, 0.717) is 30.2 Å². The van der Waals surface area contributed by atoms with Crippen molar-refractivity contribution in [2.45, 2.75) is 62.7 Å². The van der Waals surface area contributed by atoms with Crippen LogP contribution in [-0.2, 0) is 35.2 Å². The monoisotopic (exact) mass is 669 g/mol. The van der Waals surface area contributed by atoms with Gasteiger partial charge in [0.15, 0.2) is 5.71 Å². The average molecular weight is 670 g/mol. The fourth-order valence-corrected chi connectivity index (χ4v) is 7.25. The summed E-state index contributed by atoms with van der Waals surface area (Å²) in [6.07, 6.45) is 10.7. The Morgan fingerprint density at radius 1 is 0.957 bits per heavy atom. The highest BCUT2D eigenvalue weighted by Crippen LogP contribution is 2.48. The highest BCUT2D eigenvalue weighted by molar-refractivity contribution is 7.86. The molecule has 3 aromatic rings. The first-order chi connectivity index (χ1) is 21.7. The molecule has 0 radical (unpaired) electrons. The number of unbranched alkanes of at least 4 members (excludes halogenated alkanes) is 2. The van der Waals surface area contributed by atoms with Crippen molar-refractivity contribution in [1.82, 2.24) is 0 Å². The molecule has 0 bridgehead atoms. The van der Waals surface area contributed by atoms with Crippen LogP contribution in [0.5, 0.6) is 0 Å². The number of nitrogens with one attached hydrogen (secondary N) is 1. The summed E-state index contributed by atoms with van der Waals surface area (Å²) in [5, 5.41) is 4.72. The molecule has 0 spiro atoms. The molecule has 0 amide bonds. The number of carbonyl (C=O) groups excluding carboxylic acids is 1. The van der Waals surface area contributed by atoms with Gasteiger partial charge in [0.05, 0.1) is 23.2 Å². The Labute approximate surface area is 271 Å². The summed E-state index contributed by atoms with van der Waals surface area (Å²) in [7, 11) is -7.32. The molecule has 1 unspecified atom stereocenters. The van der Waals surface area contributed by atoms with Gasteiger partial charge in [-0.3, -0.25) is 13.9 Å². The number of anilines is 1. The maximum Gasteiger partial charge on any atom is 0.305 e. The van der Waals surface area contributed by atoms with E-state index in [1.165, 1.54) is 19.2 Å². The molecule has 4 rings (SSSR count). The van der Waals surface area contributed by atoms with Crippen LogP contribution in [0.2, 0.25) is 0 Å². The summed E-state index contributed by atoms with van der Waals surface area (Å²) >= 11 is 0. The third kappa shape index (κ3) is 8.49. The van der Waals surface area contributed by atoms with Crippen LogP contribution in [0.3, 0.4) is 0 Å². The van der Waals surface area contributed by atoms with Gasteiger partial charge in [-0.2, -0.15) is 21.4 Å². The molecule has 246 valence electrons. The Bertz CT molecular complexity index is 1900. The number of benzene rings is 3. The van der Waals surface area contributed by atoms with E-state index in [0.717, 1.165) is 40.9 Å². The lowest BCUT2D eigenvalue weighted by molar-refractivity contribution is -0.437. The van der Waals surface area contributed by atoms with Crippen LogP contribution < -0.4 is 5.32 Å². The lowest BCUT2D eigenvalue weighted by Gasteiger charge is -2.24. The molecule has 0 saturated carbocycles. The molecule has 3 N–H and O–H groups in total. The van der Waals surface area contributed by atoms with Crippen LogP contribution in [0, 0.1) is 6.92 Å². The van der Waals surface area contributed by atoms with E-state index in [-0.39, 0.29) is 23.8 Å². The first-order valence-corrected chi connectivity index (χ1v) is 18.2. The van der Waals surface area contributed by atoms with E-state index >= 15 is 0 Å². The minimum atomic E-state index is -4.50. The summed E-state index contributed by atoms with van der Waals surface area (Å²) in [6, 6.07) is 16.5. The molecule has 3 aromatic carbocycles. The van der Waals surface area contributed by atoms with E-state index in [2.05, 4.69) is 12.2 Å². The molecule has 0 fully saturated rings. The second-order valence-electron chi connectivity index (χ2n) is 11.6. The molecule has 1 heterocycles. The number of hydrogen-bond acceptors (Lipinski definition) is 7. The number of hydrogen-bond donors (Lipinski definition) is 3. The summed E-state index contributed by atoms with van der Waals surface area (Å²) < 4.78 is 74.0. The zero-order chi connectivity index (χ0) is 33.5. The second-order valence-corrected chi connectivity index (χ2v) is 14.6. The van der Waals surface area contributed by atoms with E-state index in [1.807, 2.05) is 65.3 Å². The van der Waals surface area contributed by atoms with Crippen molar-refractivity contribution in [2.75, 3.05) is 24.7 Å². The molecule has 1 aliphatic heterocycles. The minimum Gasteiger partial charge on any atom is -0.469 e. The van der Waals surface area contributed by atoms with Gasteiger partial charge in [0, 0.05) is 42.4 Å². The molecule has 10 nitrogen and oxygen atoms in total. The maximum atomic E-state index is 12.3. The highest BCUT2D eigenvalue weighted by atomic mass is 32.2. The SMILES string of the molecule is COC(=O)CCCCCC1(C)C(/C=C/C=C/Nc2ccccc2)=[N+](CCCS(=O)(=O)O)c2ccc3c(C)cc(S(=O)(=O)O)cc3c21. The molecular weight excluding hydrogens is 629 g/mol. The third-order valence-electron chi connectivity index (χ3n) is 8.34. The van der Waals surface area contributed by atoms with E-state index in [4.69, 9.17) is 4.74 Å². The Morgan fingerprint density at radius 3 is 2.37 bits per heavy atom. The van der Waals surface area contributed by atoms with Gasteiger partial charge in [-0.1, -0.05) is 37.1 Å². The van der Waals surface area contributed by atoms with Crippen LogP contribution in [0.15, 0.2) is 83.9 Å². The largest absolute Gasteiger partial charge is 0.469 e. The fraction of sp³-hybridized carbons (Fsp3) is 0.353. The van der Waals surface area contributed by atoms with Crippen molar-refractivity contribution < 1.29 is 40.0 Å². The fourth-order valence-electron chi connectivity index (χ4n) is 6.17. The zero-order valence-corrected chi connectivity index (χ0v) is 27.9. The normalized spacial score (nSPS) is 16.9. The number of carbonyl (C=O) groups is 1. The smallest absolute Gasteiger partial charge is 0.305 e. The number of esters is 1. The van der Waals surface area contributed by atoms with Gasteiger partial charge in [-0.25, -0.2) is 0 Å². The molecule has 46 heavy (non-hydrogen) atoms. The Kier molecular flexibility index (Phi) is 11.2. The summed E-state index contributed by atoms with van der Waals surface area (Å²) in [6.45, 7) is 4.15. The van der Waals surface area contributed by atoms with Crippen molar-refractivity contribution in [3.05, 3.63) is 90.2 Å². The van der Waals surface area contributed by atoms with Gasteiger partial charge < -0.3 is 10.1 Å². The molecule has 0 aromatic heterocycles. The number of allylic oxidation sites excluding steroid dienone is 3. The summed E-state index contributed by atoms with van der Waals surface area (Å²) in [4.78, 5) is 11.5. The molecule has 0 saturated heterocycles. The Balaban J connectivity index is 1.83. The van der Waals surface area contributed by atoms with Crippen LogP contribution >= 0.6 is 0 Å². The highest BCUT2D eigenvalue weighted by Gasteiger charge is 2.48. The van der Waals surface area contributed by atoms with Gasteiger partial charge in [-0.15, -0.1) is 0 Å². The molecule has 12 heteroatoms. The summed E-state index contributed by atoms with van der Waals surface area (Å²) in [5.41, 5.74) is 3.47. The first kappa shape index (κ1) is 35.0. The van der Waals surface area contributed by atoms with Crippen molar-refractivity contribution in [3.63, 3.8) is 0 Å². The molecule has 1 aliphatic rings. The maximum absolute atomic E-state index is 12.3. The summed E-state index contributed by atoms with van der Waals surface area (Å²) in [5.74, 6) is -0.687. The topological polar surface area (TPSA) is 150 Å². The van der Waals surface area contributed by atoms with Crippen LogP contribution in [0.1, 0.15) is 56.6 Å². The van der Waals surface area contributed by atoms with Crippen molar-refractivity contribution in [2.24, 2.45) is 0 Å². The number of ether oxygens (including phenoxy) is 1. The van der Waals surface area contributed by atoms with Gasteiger partial charge in [0.25, 0.3) is 20.2 Å². The van der Waals surface area contributed by atoms with Crippen LogP contribution in [0.25, 0.3) is 10.8 Å². The second kappa shape index (κ2) is 14.7. The average Bonchev–Trinajstić information content (AvgIpc) is 3.23. The lowest BCUT2D eigenvalue weighted by Crippen LogP contribution is -2.32. The van der Waals surface area contributed by atoms with Gasteiger partial charge >= 0.3 is 5.97 Å².